The van der Waals surface area contributed by atoms with Crippen LogP contribution < -0.4 is 5.32 Å². The third-order valence-electron chi connectivity index (χ3n) is 4.02. The average molecular weight is 266 g/mol. The molecule has 1 aromatic heterocycles. The lowest BCUT2D eigenvalue weighted by atomic mass is 9.92. The van der Waals surface area contributed by atoms with E-state index in [0.717, 1.165) is 43.0 Å². The minimum Gasteiger partial charge on any atom is -0.333 e. The fraction of sp³-hybridized carbons (Fsp3) is 0.750. The van der Waals surface area contributed by atoms with E-state index in [1.54, 1.807) is 0 Å². The summed E-state index contributed by atoms with van der Waals surface area (Å²) < 4.78 is 3.92. The van der Waals surface area contributed by atoms with Crippen LogP contribution in [0.15, 0.2) is 0 Å². The predicted octanol–water partition coefficient (Wildman–Crippen LogP) is 0.924. The molecule has 98 valence electrons. The summed E-state index contributed by atoms with van der Waals surface area (Å²) in [7, 11) is 0. The SMILES string of the molecule is CCc1nnsc1C(=O)N1CCCC2CNCC21. The summed E-state index contributed by atoms with van der Waals surface area (Å²) in [5.74, 6) is 0.772. The topological polar surface area (TPSA) is 58.1 Å². The minimum absolute atomic E-state index is 0.139. The molecule has 2 atom stereocenters. The Morgan fingerprint density at radius 3 is 3.28 bits per heavy atom. The molecule has 0 saturated carbocycles. The van der Waals surface area contributed by atoms with E-state index in [4.69, 9.17) is 0 Å². The third kappa shape index (κ3) is 1.93. The van der Waals surface area contributed by atoms with Gasteiger partial charge in [0.15, 0.2) is 0 Å². The Balaban J connectivity index is 1.83. The van der Waals surface area contributed by atoms with E-state index in [1.807, 2.05) is 11.8 Å². The van der Waals surface area contributed by atoms with Crippen molar-refractivity contribution in [3.8, 4) is 0 Å². The van der Waals surface area contributed by atoms with E-state index in [0.29, 0.717) is 12.0 Å². The lowest BCUT2D eigenvalue weighted by Crippen LogP contribution is -2.48. The number of hydrogen-bond donors (Lipinski definition) is 1. The van der Waals surface area contributed by atoms with E-state index in [1.165, 1.54) is 18.0 Å². The predicted molar refractivity (Wildman–Crippen MR) is 69.7 cm³/mol. The molecule has 5 nitrogen and oxygen atoms in total. The van der Waals surface area contributed by atoms with Crippen LogP contribution in [0.2, 0.25) is 0 Å². The number of piperidine rings is 1. The quantitative estimate of drug-likeness (QED) is 0.865. The lowest BCUT2D eigenvalue weighted by molar-refractivity contribution is 0.0578. The van der Waals surface area contributed by atoms with E-state index in [9.17, 15) is 4.79 Å². The molecule has 1 amide bonds. The summed E-state index contributed by atoms with van der Waals surface area (Å²) in [4.78, 5) is 15.4. The second-order valence-corrected chi connectivity index (χ2v) is 5.78. The van der Waals surface area contributed by atoms with Crippen molar-refractivity contribution in [3.05, 3.63) is 10.6 Å². The highest BCUT2D eigenvalue weighted by molar-refractivity contribution is 7.08. The highest BCUT2D eigenvalue weighted by Gasteiger charge is 2.38. The van der Waals surface area contributed by atoms with Gasteiger partial charge in [-0.15, -0.1) is 5.10 Å². The van der Waals surface area contributed by atoms with Gasteiger partial charge in [-0.2, -0.15) is 0 Å². The Kier molecular flexibility index (Phi) is 3.30. The van der Waals surface area contributed by atoms with Gasteiger partial charge < -0.3 is 10.2 Å². The number of carbonyl (C=O) groups is 1. The van der Waals surface area contributed by atoms with E-state index >= 15 is 0 Å². The number of nitrogens with one attached hydrogen (secondary N) is 1. The van der Waals surface area contributed by atoms with E-state index in [2.05, 4.69) is 14.9 Å². The summed E-state index contributed by atoms with van der Waals surface area (Å²) in [6, 6.07) is 0.373. The maximum atomic E-state index is 12.6. The maximum Gasteiger partial charge on any atom is 0.267 e. The molecular weight excluding hydrogens is 248 g/mol. The summed E-state index contributed by atoms with van der Waals surface area (Å²) in [5, 5.41) is 7.44. The summed E-state index contributed by atoms with van der Waals surface area (Å²) in [6.07, 6.45) is 3.13. The van der Waals surface area contributed by atoms with Crippen LogP contribution >= 0.6 is 11.5 Å². The van der Waals surface area contributed by atoms with Crippen LogP contribution in [-0.2, 0) is 6.42 Å². The fourth-order valence-electron chi connectivity index (χ4n) is 3.05. The third-order valence-corrected chi connectivity index (χ3v) is 4.78. The Labute approximate surface area is 111 Å². The van der Waals surface area contributed by atoms with Crippen LogP contribution in [0, 0.1) is 5.92 Å². The molecule has 2 aliphatic heterocycles. The fourth-order valence-corrected chi connectivity index (χ4v) is 3.76. The van der Waals surface area contributed by atoms with Crippen LogP contribution in [-0.4, -0.2) is 46.1 Å². The van der Waals surface area contributed by atoms with Crippen molar-refractivity contribution in [2.45, 2.75) is 32.2 Å². The number of aryl methyl sites for hydroxylation is 1. The number of hydrogen-bond acceptors (Lipinski definition) is 5. The number of fused-ring (bicyclic) bond motifs is 1. The molecule has 18 heavy (non-hydrogen) atoms. The molecule has 0 aliphatic carbocycles. The molecule has 0 spiro atoms. The number of amides is 1. The zero-order valence-corrected chi connectivity index (χ0v) is 11.4. The molecule has 6 heteroatoms. The Morgan fingerprint density at radius 2 is 2.44 bits per heavy atom. The van der Waals surface area contributed by atoms with Crippen LogP contribution in [0.4, 0.5) is 0 Å². The highest BCUT2D eigenvalue weighted by atomic mass is 32.1. The first kappa shape index (κ1) is 12.0. The zero-order chi connectivity index (χ0) is 12.5. The Morgan fingerprint density at radius 1 is 1.56 bits per heavy atom. The average Bonchev–Trinajstić information content (AvgIpc) is 3.05. The summed E-state index contributed by atoms with van der Waals surface area (Å²) in [6.45, 7) is 4.88. The van der Waals surface area contributed by atoms with Crippen LogP contribution in [0.3, 0.4) is 0 Å². The molecule has 0 aromatic carbocycles. The van der Waals surface area contributed by atoms with Crippen molar-refractivity contribution < 1.29 is 4.79 Å². The molecule has 0 radical (unpaired) electrons. The number of aromatic nitrogens is 2. The summed E-state index contributed by atoms with van der Waals surface area (Å²) >= 11 is 1.24. The second kappa shape index (κ2) is 4.93. The van der Waals surface area contributed by atoms with Crippen molar-refractivity contribution in [2.24, 2.45) is 5.92 Å². The molecule has 0 bridgehead atoms. The number of nitrogens with zero attached hydrogens (tertiary/aromatic N) is 3. The molecule has 2 aliphatic rings. The summed E-state index contributed by atoms with van der Waals surface area (Å²) in [5.41, 5.74) is 0.845. The van der Waals surface area contributed by atoms with Crippen molar-refractivity contribution in [1.29, 1.82) is 0 Å². The molecular formula is C12H18N4OS. The van der Waals surface area contributed by atoms with Gasteiger partial charge in [0, 0.05) is 25.7 Å². The zero-order valence-electron chi connectivity index (χ0n) is 10.6. The Bertz CT molecular complexity index is 447. The van der Waals surface area contributed by atoms with Gasteiger partial charge in [-0.3, -0.25) is 4.79 Å². The largest absolute Gasteiger partial charge is 0.333 e. The van der Waals surface area contributed by atoms with E-state index < -0.39 is 0 Å². The molecule has 2 unspecified atom stereocenters. The number of rotatable bonds is 2. The van der Waals surface area contributed by atoms with Gasteiger partial charge in [0.25, 0.3) is 5.91 Å². The normalized spacial score (nSPS) is 27.3. The number of likely N-dealkylation sites (tertiary alicyclic amines) is 1. The van der Waals surface area contributed by atoms with E-state index in [-0.39, 0.29) is 5.91 Å². The lowest BCUT2D eigenvalue weighted by Gasteiger charge is -2.36. The molecule has 2 fully saturated rings. The monoisotopic (exact) mass is 266 g/mol. The van der Waals surface area contributed by atoms with Gasteiger partial charge in [-0.25, -0.2) is 0 Å². The molecule has 1 N–H and O–H groups in total. The van der Waals surface area contributed by atoms with Gasteiger partial charge in [0.2, 0.25) is 0 Å². The highest BCUT2D eigenvalue weighted by Crippen LogP contribution is 2.28. The maximum absolute atomic E-state index is 12.6. The Hall–Kier alpha value is -1.01. The van der Waals surface area contributed by atoms with Crippen molar-refractivity contribution in [3.63, 3.8) is 0 Å². The van der Waals surface area contributed by atoms with Gasteiger partial charge in [-0.1, -0.05) is 11.4 Å². The standard InChI is InChI=1S/C12H18N4OS/c1-2-9-11(18-15-14-9)12(17)16-5-3-4-8-6-13-7-10(8)16/h8,10,13H,2-7H2,1H3. The van der Waals surface area contributed by atoms with Gasteiger partial charge in [0.1, 0.15) is 4.88 Å². The smallest absolute Gasteiger partial charge is 0.267 e. The molecule has 3 rings (SSSR count). The van der Waals surface area contributed by atoms with Crippen LogP contribution in [0.25, 0.3) is 0 Å². The first-order valence-corrected chi connectivity index (χ1v) is 7.41. The molecule has 3 heterocycles. The second-order valence-electron chi connectivity index (χ2n) is 5.03. The first-order valence-electron chi connectivity index (χ1n) is 6.64. The van der Waals surface area contributed by atoms with Crippen molar-refractivity contribution in [1.82, 2.24) is 19.8 Å². The first-order chi connectivity index (χ1) is 8.81. The van der Waals surface area contributed by atoms with Gasteiger partial charge >= 0.3 is 0 Å². The van der Waals surface area contributed by atoms with Crippen molar-refractivity contribution >= 4 is 17.4 Å². The van der Waals surface area contributed by atoms with Crippen LogP contribution in [0.1, 0.15) is 35.1 Å². The van der Waals surface area contributed by atoms with Gasteiger partial charge in [0.05, 0.1) is 5.69 Å². The minimum atomic E-state index is 0.139. The van der Waals surface area contributed by atoms with Crippen molar-refractivity contribution in [2.75, 3.05) is 19.6 Å². The van der Waals surface area contributed by atoms with Crippen LogP contribution in [0.5, 0.6) is 0 Å². The molecule has 2 saturated heterocycles. The molecule has 1 aromatic rings. The van der Waals surface area contributed by atoms with Gasteiger partial charge in [-0.05, 0) is 36.7 Å². The number of carbonyl (C=O) groups excluding carboxylic acids is 1.